The Bertz CT molecular complexity index is 879. The summed E-state index contributed by atoms with van der Waals surface area (Å²) in [6.45, 7) is 2.67. The van der Waals surface area contributed by atoms with Crippen molar-refractivity contribution in [3.8, 4) is 0 Å². The lowest BCUT2D eigenvalue weighted by Crippen LogP contribution is -2.14. The van der Waals surface area contributed by atoms with Gasteiger partial charge in [-0.1, -0.05) is 41.4 Å². The fraction of sp³-hybridized carbons (Fsp3) is 0.150. The third kappa shape index (κ3) is 5.04. The third-order valence-electron chi connectivity index (χ3n) is 3.81. The topological polar surface area (TPSA) is 66.9 Å². The summed E-state index contributed by atoms with van der Waals surface area (Å²) >= 11 is 5.97. The molecule has 0 aliphatic carbocycles. The number of nitrogens with zero attached hydrogens (tertiary/aromatic N) is 2. The highest BCUT2D eigenvalue weighted by Crippen LogP contribution is 2.12. The molecule has 3 aromatic rings. The molecule has 0 radical (unpaired) electrons. The summed E-state index contributed by atoms with van der Waals surface area (Å²) in [6.07, 6.45) is 3.83. The molecule has 132 valence electrons. The zero-order chi connectivity index (χ0) is 18.4. The van der Waals surface area contributed by atoms with Gasteiger partial charge in [-0.05, 0) is 43.2 Å². The van der Waals surface area contributed by atoms with E-state index < -0.39 is 0 Å². The summed E-state index contributed by atoms with van der Waals surface area (Å²) in [5, 5.41) is 6.69. The highest BCUT2D eigenvalue weighted by molar-refractivity contribution is 6.30. The van der Waals surface area contributed by atoms with E-state index in [-0.39, 0.29) is 5.91 Å². The second-order valence-electron chi connectivity index (χ2n) is 5.92. The molecule has 2 aromatic carbocycles. The second kappa shape index (κ2) is 8.45. The summed E-state index contributed by atoms with van der Waals surface area (Å²) in [7, 11) is 0. The number of hydrogen-bond donors (Lipinski definition) is 2. The predicted octanol–water partition coefficient (Wildman–Crippen LogP) is 4.35. The van der Waals surface area contributed by atoms with E-state index >= 15 is 0 Å². The molecule has 2 N–H and O–H groups in total. The van der Waals surface area contributed by atoms with Gasteiger partial charge in [0, 0.05) is 29.6 Å². The Kier molecular flexibility index (Phi) is 5.81. The third-order valence-corrected chi connectivity index (χ3v) is 4.04. The quantitative estimate of drug-likeness (QED) is 0.680. The van der Waals surface area contributed by atoms with Crippen LogP contribution in [-0.4, -0.2) is 22.4 Å². The van der Waals surface area contributed by atoms with Crippen LogP contribution in [0, 0.1) is 6.92 Å². The number of nitrogens with one attached hydrogen (secondary N) is 2. The molecule has 0 spiro atoms. The number of carbonyl (C=O) groups is 1. The zero-order valence-corrected chi connectivity index (χ0v) is 15.1. The average molecular weight is 367 g/mol. The van der Waals surface area contributed by atoms with Crippen LogP contribution in [0.25, 0.3) is 0 Å². The Labute approximate surface area is 157 Å². The highest BCUT2D eigenvalue weighted by Gasteiger charge is 2.07. The van der Waals surface area contributed by atoms with Crippen LogP contribution in [0.4, 0.5) is 11.6 Å². The number of carbonyl (C=O) groups excluding carboxylic acids is 1. The number of aromatic nitrogens is 2. The van der Waals surface area contributed by atoms with Gasteiger partial charge in [-0.15, -0.1) is 0 Å². The van der Waals surface area contributed by atoms with Gasteiger partial charge in [0.15, 0.2) is 0 Å². The van der Waals surface area contributed by atoms with E-state index in [0.29, 0.717) is 18.1 Å². The molecule has 0 bridgehead atoms. The molecule has 5 nitrogen and oxygen atoms in total. The lowest BCUT2D eigenvalue weighted by atomic mass is 10.1. The highest BCUT2D eigenvalue weighted by atomic mass is 35.5. The molecule has 26 heavy (non-hydrogen) atoms. The minimum atomic E-state index is -0.237. The standard InChI is InChI=1S/C20H19ClN4O/c1-14-5-7-18(8-6-14)25-19(26)16-12-23-20(24-13-16)22-10-9-15-3-2-4-17(21)11-15/h2-8,11-13H,9-10H2,1H3,(H,25,26)(H,22,23,24). The van der Waals surface area contributed by atoms with Gasteiger partial charge >= 0.3 is 0 Å². The fourth-order valence-corrected chi connectivity index (χ4v) is 2.60. The maximum absolute atomic E-state index is 12.2. The van der Waals surface area contributed by atoms with Crippen molar-refractivity contribution in [2.24, 2.45) is 0 Å². The number of rotatable bonds is 6. The molecule has 0 fully saturated rings. The molecule has 0 unspecified atom stereocenters. The molecule has 0 aliphatic rings. The predicted molar refractivity (Wildman–Crippen MR) is 105 cm³/mol. The first-order valence-electron chi connectivity index (χ1n) is 8.28. The molecule has 6 heteroatoms. The van der Waals surface area contributed by atoms with Crippen LogP contribution in [0.5, 0.6) is 0 Å². The number of halogens is 1. The minimum absolute atomic E-state index is 0.237. The van der Waals surface area contributed by atoms with Gasteiger partial charge in [-0.25, -0.2) is 9.97 Å². The number of amides is 1. The van der Waals surface area contributed by atoms with Crippen LogP contribution in [-0.2, 0) is 6.42 Å². The van der Waals surface area contributed by atoms with Gasteiger partial charge in [0.05, 0.1) is 5.56 Å². The summed E-state index contributed by atoms with van der Waals surface area (Å²) < 4.78 is 0. The van der Waals surface area contributed by atoms with Crippen molar-refractivity contribution in [3.05, 3.63) is 82.6 Å². The normalized spacial score (nSPS) is 10.4. The maximum atomic E-state index is 12.2. The smallest absolute Gasteiger partial charge is 0.258 e. The molecule has 1 amide bonds. The SMILES string of the molecule is Cc1ccc(NC(=O)c2cnc(NCCc3cccc(Cl)c3)nc2)cc1. The van der Waals surface area contributed by atoms with Crippen LogP contribution in [0.15, 0.2) is 60.9 Å². The van der Waals surface area contributed by atoms with Gasteiger partial charge in [0.2, 0.25) is 5.95 Å². The molecular formula is C20H19ClN4O. The van der Waals surface area contributed by atoms with Crippen molar-refractivity contribution in [1.29, 1.82) is 0 Å². The molecular weight excluding hydrogens is 348 g/mol. The van der Waals surface area contributed by atoms with Gasteiger partial charge in [0.25, 0.3) is 5.91 Å². The van der Waals surface area contributed by atoms with Gasteiger partial charge in [-0.3, -0.25) is 4.79 Å². The Morgan fingerprint density at radius 1 is 1.08 bits per heavy atom. The number of aryl methyl sites for hydroxylation is 1. The first-order valence-corrected chi connectivity index (χ1v) is 8.66. The van der Waals surface area contributed by atoms with E-state index in [1.807, 2.05) is 55.5 Å². The Morgan fingerprint density at radius 3 is 2.50 bits per heavy atom. The zero-order valence-electron chi connectivity index (χ0n) is 14.4. The van der Waals surface area contributed by atoms with E-state index in [2.05, 4.69) is 20.6 Å². The van der Waals surface area contributed by atoms with E-state index in [0.717, 1.165) is 28.3 Å². The van der Waals surface area contributed by atoms with E-state index in [4.69, 9.17) is 11.6 Å². The van der Waals surface area contributed by atoms with Crippen molar-refractivity contribution < 1.29 is 4.79 Å². The molecule has 0 saturated heterocycles. The average Bonchev–Trinajstić information content (AvgIpc) is 2.64. The lowest BCUT2D eigenvalue weighted by molar-refractivity contribution is 0.102. The number of hydrogen-bond acceptors (Lipinski definition) is 4. The van der Waals surface area contributed by atoms with Gasteiger partial charge in [0.1, 0.15) is 0 Å². The summed E-state index contributed by atoms with van der Waals surface area (Å²) in [4.78, 5) is 20.6. The second-order valence-corrected chi connectivity index (χ2v) is 6.36. The Balaban J connectivity index is 1.52. The van der Waals surface area contributed by atoms with Crippen LogP contribution < -0.4 is 10.6 Å². The molecule has 3 rings (SSSR count). The Hall–Kier alpha value is -2.92. The van der Waals surface area contributed by atoms with Crippen LogP contribution in [0.3, 0.4) is 0 Å². The van der Waals surface area contributed by atoms with E-state index in [9.17, 15) is 4.79 Å². The summed E-state index contributed by atoms with van der Waals surface area (Å²) in [5.41, 5.74) is 3.42. The minimum Gasteiger partial charge on any atom is -0.354 e. The van der Waals surface area contributed by atoms with Crippen molar-refractivity contribution in [3.63, 3.8) is 0 Å². The van der Waals surface area contributed by atoms with Crippen molar-refractivity contribution in [2.75, 3.05) is 17.2 Å². The summed E-state index contributed by atoms with van der Waals surface area (Å²) in [5.74, 6) is 0.248. The van der Waals surface area contributed by atoms with Crippen LogP contribution in [0.2, 0.25) is 5.02 Å². The van der Waals surface area contributed by atoms with Crippen LogP contribution >= 0.6 is 11.6 Å². The largest absolute Gasteiger partial charge is 0.354 e. The number of anilines is 2. The first kappa shape index (κ1) is 17.9. The van der Waals surface area contributed by atoms with Gasteiger partial charge < -0.3 is 10.6 Å². The molecule has 1 heterocycles. The molecule has 1 aromatic heterocycles. The number of benzene rings is 2. The summed E-state index contributed by atoms with van der Waals surface area (Å²) in [6, 6.07) is 15.3. The van der Waals surface area contributed by atoms with Crippen molar-refractivity contribution >= 4 is 29.1 Å². The van der Waals surface area contributed by atoms with Gasteiger partial charge in [-0.2, -0.15) is 0 Å². The van der Waals surface area contributed by atoms with Crippen molar-refractivity contribution in [1.82, 2.24) is 9.97 Å². The van der Waals surface area contributed by atoms with E-state index in [1.165, 1.54) is 12.4 Å². The monoisotopic (exact) mass is 366 g/mol. The Morgan fingerprint density at radius 2 is 1.81 bits per heavy atom. The first-order chi connectivity index (χ1) is 12.6. The molecule has 0 aliphatic heterocycles. The van der Waals surface area contributed by atoms with E-state index in [1.54, 1.807) is 0 Å². The molecule has 0 saturated carbocycles. The van der Waals surface area contributed by atoms with Crippen molar-refractivity contribution in [2.45, 2.75) is 13.3 Å². The maximum Gasteiger partial charge on any atom is 0.258 e. The van der Waals surface area contributed by atoms with Crippen LogP contribution in [0.1, 0.15) is 21.5 Å². The lowest BCUT2D eigenvalue weighted by Gasteiger charge is -2.07. The molecule has 0 atom stereocenters. The fourth-order valence-electron chi connectivity index (χ4n) is 2.39.